The quantitative estimate of drug-likeness (QED) is 0.0362. The van der Waals surface area contributed by atoms with Crippen LogP contribution in [0.2, 0.25) is 0 Å². The van der Waals surface area contributed by atoms with Crippen LogP contribution in [-0.2, 0) is 38.4 Å². The number of nitrogens with zero attached hydrogens (tertiary/aromatic N) is 11. The van der Waals surface area contributed by atoms with Gasteiger partial charge >= 0.3 is 12.0 Å². The molecule has 0 aliphatic carbocycles. The minimum atomic E-state index is -1.06. The van der Waals surface area contributed by atoms with Gasteiger partial charge in [0.1, 0.15) is 31.2 Å². The second-order valence-electron chi connectivity index (χ2n) is 23.1. The van der Waals surface area contributed by atoms with Gasteiger partial charge in [-0.2, -0.15) is 26.7 Å². The van der Waals surface area contributed by atoms with Crippen LogP contribution in [0.4, 0.5) is 22.6 Å². The number of anilines is 3. The fraction of sp³-hybridized carbons (Fsp3) is 0.786. The number of aromatic nitrogens is 3. The van der Waals surface area contributed by atoms with E-state index in [0.717, 1.165) is 76.4 Å². The smallest absolute Gasteiger partial charge is 0.315 e. The molecule has 0 saturated carbocycles. The Kier molecular flexibility index (Phi) is 25.5. The van der Waals surface area contributed by atoms with Gasteiger partial charge in [0, 0.05) is 103 Å². The number of nitrogens with two attached hydrogens (primary N) is 2. The molecule has 84 heavy (non-hydrogen) atoms. The Hall–Kier alpha value is -6.29. The summed E-state index contributed by atoms with van der Waals surface area (Å²) in [4.78, 5) is 144. The Labute approximate surface area is 498 Å². The van der Waals surface area contributed by atoms with Crippen molar-refractivity contribution in [2.75, 3.05) is 133 Å². The van der Waals surface area contributed by atoms with Crippen molar-refractivity contribution in [3.63, 3.8) is 0 Å². The second kappa shape index (κ2) is 32.8. The third-order valence-corrected chi connectivity index (χ3v) is 18.7. The van der Waals surface area contributed by atoms with Crippen molar-refractivity contribution in [1.29, 1.82) is 0 Å². The maximum absolute atomic E-state index is 14.2. The van der Waals surface area contributed by atoms with E-state index in [1.54, 1.807) is 11.9 Å². The Morgan fingerprint density at radius 1 is 0.631 bits per heavy atom. The summed E-state index contributed by atoms with van der Waals surface area (Å²) in [6.07, 6.45) is 14.0. The molecule has 6 aliphatic heterocycles. The summed E-state index contributed by atoms with van der Waals surface area (Å²) in [6, 6.07) is -2.27. The van der Waals surface area contributed by atoms with Crippen molar-refractivity contribution in [3.8, 4) is 0 Å². The molecule has 1 aromatic heterocycles. The van der Waals surface area contributed by atoms with Gasteiger partial charge in [0.15, 0.2) is 0 Å². The lowest BCUT2D eigenvalue weighted by molar-refractivity contribution is -0.159. The number of likely N-dealkylation sites (N-methyl/N-ethyl adjacent to an activating group) is 2. The fourth-order valence-corrected chi connectivity index (χ4v) is 13.5. The Balaban J connectivity index is 0.834. The molecule has 6 fully saturated rings. The summed E-state index contributed by atoms with van der Waals surface area (Å²) >= 11 is 1.90. The number of carboxylic acid groups (broad SMARTS) is 1. The fourth-order valence-electron chi connectivity index (χ4n) is 12.0. The van der Waals surface area contributed by atoms with Crippen LogP contribution in [0.25, 0.3) is 0 Å². The number of nitrogens with one attached hydrogen (secondary N) is 4. The Morgan fingerprint density at radius 2 is 1.23 bits per heavy atom. The molecule has 9 amide bonds. The number of rotatable bonds is 34. The third kappa shape index (κ3) is 18.4. The SMILES string of the molecule is CN1CC(=O)N([C@@H](CCCCN)C(=O)N2CCN(c3nc(NCCCC[C@@H]4SC[C@@H]5NC(=O)N[C@@H]54)nc(N4CCN(C(=O)CCCCCCCCCCNC(=O)[C@H](CCCCN)N5CC(=O)N(C)[C@@H](CCC(=O)O)C5=O)CC4)n3)CC2)CC1=O. The number of hydrogen-bond donors (Lipinski definition) is 7. The molecule has 6 aliphatic rings. The molecule has 9 N–H and O–H groups in total. The van der Waals surface area contributed by atoms with Crippen molar-refractivity contribution in [2.24, 2.45) is 11.5 Å². The van der Waals surface area contributed by atoms with Gasteiger partial charge in [-0.25, -0.2) is 4.79 Å². The van der Waals surface area contributed by atoms with Crippen molar-refractivity contribution in [3.05, 3.63) is 0 Å². The number of unbranched alkanes of at least 4 members (excludes halogenated alkanes) is 10. The van der Waals surface area contributed by atoms with Crippen molar-refractivity contribution < 1.29 is 48.3 Å². The number of piperazine rings is 4. The van der Waals surface area contributed by atoms with Crippen LogP contribution in [0.1, 0.15) is 128 Å². The molecule has 6 saturated heterocycles. The summed E-state index contributed by atoms with van der Waals surface area (Å²) < 4.78 is 0. The van der Waals surface area contributed by atoms with Crippen LogP contribution < -0.4 is 42.5 Å². The first-order valence-electron chi connectivity index (χ1n) is 30.8. The molecule has 7 heterocycles. The molecule has 0 radical (unpaired) electrons. The highest BCUT2D eigenvalue weighted by Crippen LogP contribution is 2.33. The van der Waals surface area contributed by atoms with E-state index in [2.05, 4.69) is 31.1 Å². The molecule has 0 spiro atoms. The number of aliphatic carboxylic acids is 1. The maximum Gasteiger partial charge on any atom is 0.315 e. The molecule has 28 heteroatoms. The van der Waals surface area contributed by atoms with Crippen molar-refractivity contribution in [2.45, 2.75) is 164 Å². The van der Waals surface area contributed by atoms with E-state index in [1.807, 2.05) is 16.7 Å². The van der Waals surface area contributed by atoms with Crippen molar-refractivity contribution >= 4 is 83.0 Å². The average molecular weight is 1200 g/mol. The zero-order valence-corrected chi connectivity index (χ0v) is 50.3. The highest BCUT2D eigenvalue weighted by Gasteiger charge is 2.44. The van der Waals surface area contributed by atoms with E-state index in [1.165, 1.54) is 26.6 Å². The number of urea groups is 1. The molecular formula is C56H93N17O10S. The van der Waals surface area contributed by atoms with Crippen LogP contribution in [-0.4, -0.2) is 256 Å². The predicted octanol–water partition coefficient (Wildman–Crippen LogP) is 0.373. The number of carbonyl (C=O) groups is 9. The summed E-state index contributed by atoms with van der Waals surface area (Å²) in [7, 11) is 3.09. The van der Waals surface area contributed by atoms with Crippen LogP contribution in [0.3, 0.4) is 0 Å². The van der Waals surface area contributed by atoms with E-state index in [9.17, 15) is 48.3 Å². The molecule has 0 bridgehead atoms. The molecule has 0 unspecified atom stereocenters. The number of carbonyl (C=O) groups excluding carboxylic acids is 8. The number of hydrogen-bond acceptors (Lipinski definition) is 18. The lowest BCUT2D eigenvalue weighted by Gasteiger charge is -2.41. The van der Waals surface area contributed by atoms with Crippen LogP contribution in [0, 0.1) is 0 Å². The number of thioether (sulfide) groups is 1. The second-order valence-corrected chi connectivity index (χ2v) is 24.4. The van der Waals surface area contributed by atoms with Gasteiger partial charge in [0.25, 0.3) is 0 Å². The summed E-state index contributed by atoms with van der Waals surface area (Å²) in [6.45, 7) is 5.38. The normalized spacial score (nSPS) is 21.9. The molecular weight excluding hydrogens is 1100 g/mol. The zero-order valence-electron chi connectivity index (χ0n) is 49.5. The van der Waals surface area contributed by atoms with Crippen LogP contribution >= 0.6 is 11.8 Å². The van der Waals surface area contributed by atoms with Crippen LogP contribution in [0.15, 0.2) is 0 Å². The lowest BCUT2D eigenvalue weighted by Crippen LogP contribution is -2.63. The zero-order chi connectivity index (χ0) is 60.1. The first kappa shape index (κ1) is 65.3. The van der Waals surface area contributed by atoms with Gasteiger partial charge in [0.2, 0.25) is 59.2 Å². The number of amides is 9. The monoisotopic (exact) mass is 1200 g/mol. The predicted molar refractivity (Wildman–Crippen MR) is 318 cm³/mol. The summed E-state index contributed by atoms with van der Waals surface area (Å²) in [5.41, 5.74) is 11.5. The third-order valence-electron chi connectivity index (χ3n) is 17.1. The summed E-state index contributed by atoms with van der Waals surface area (Å²) in [5.74, 6) is -0.239. The van der Waals surface area contributed by atoms with E-state index in [0.29, 0.717) is 147 Å². The van der Waals surface area contributed by atoms with Gasteiger partial charge < -0.3 is 77.0 Å². The Morgan fingerprint density at radius 3 is 1.87 bits per heavy atom. The van der Waals surface area contributed by atoms with E-state index < -0.39 is 30.0 Å². The average Bonchev–Trinajstić information content (AvgIpc) is 2.52. The molecule has 6 atom stereocenters. The standard InChI is InChI=1S/C56H93N17O10S/c1-66-35-47(77)72(36-45(66)75)42(18-11-14-24-58)51(81)69-29-33-71(34-30-69)55-64-53(60-26-16-12-19-43-49-39(38-84-43)61-56(83)62-49)63-54(65-55)70-31-27-68(28-32-70)44(74)20-9-7-5-3-4-6-8-15-25-59-50(80)40(17-10-13-23-57)73-37-46(76)67(2)41(52(73)82)21-22-48(78)79/h39-43,49H,3-38,57-58H2,1-2H3,(H,59,80)(H,78,79)(H2,61,62,83)(H,60,63,64,65)/t39-,40-,41-,42-,43-,49-/m0/s1. The van der Waals surface area contributed by atoms with E-state index in [4.69, 9.17) is 26.4 Å². The van der Waals surface area contributed by atoms with Gasteiger partial charge in [-0.15, -0.1) is 0 Å². The molecule has 0 aromatic carbocycles. The minimum absolute atomic E-state index is 0.0222. The first-order chi connectivity index (χ1) is 40.6. The molecule has 468 valence electrons. The van der Waals surface area contributed by atoms with Gasteiger partial charge in [-0.3, -0.25) is 38.4 Å². The topological polar surface area (TPSA) is 339 Å². The number of carboxylic acids is 1. The van der Waals surface area contributed by atoms with Crippen LogP contribution in [0.5, 0.6) is 0 Å². The van der Waals surface area contributed by atoms with E-state index in [-0.39, 0.29) is 86.0 Å². The highest BCUT2D eigenvalue weighted by atomic mass is 32.2. The Bertz CT molecular complexity index is 2410. The molecule has 7 rings (SSSR count). The van der Waals surface area contributed by atoms with Gasteiger partial charge in [-0.1, -0.05) is 44.9 Å². The largest absolute Gasteiger partial charge is 0.481 e. The van der Waals surface area contributed by atoms with Gasteiger partial charge in [-0.05, 0) is 83.7 Å². The summed E-state index contributed by atoms with van der Waals surface area (Å²) in [5, 5.41) is 22.1. The van der Waals surface area contributed by atoms with Crippen molar-refractivity contribution in [1.82, 2.24) is 60.3 Å². The van der Waals surface area contributed by atoms with Gasteiger partial charge in [0.05, 0.1) is 18.6 Å². The minimum Gasteiger partial charge on any atom is -0.481 e. The maximum atomic E-state index is 14.2. The molecule has 1 aromatic rings. The lowest BCUT2D eigenvalue weighted by atomic mass is 10.0. The number of fused-ring (bicyclic) bond motifs is 1. The molecule has 27 nitrogen and oxygen atoms in total. The first-order valence-corrected chi connectivity index (χ1v) is 31.9. The van der Waals surface area contributed by atoms with E-state index >= 15 is 0 Å². The highest BCUT2D eigenvalue weighted by molar-refractivity contribution is 8.00.